The molecule has 28 heavy (non-hydrogen) atoms. The third-order valence-electron chi connectivity index (χ3n) is 5.15. The van der Waals surface area contributed by atoms with Crippen LogP contribution in [0.1, 0.15) is 24.6 Å². The molecule has 0 N–H and O–H groups in total. The number of pyridine rings is 1. The quantitative estimate of drug-likeness (QED) is 0.767. The minimum Gasteiger partial charge on any atom is -0.454 e. The summed E-state index contributed by atoms with van der Waals surface area (Å²) >= 11 is 0. The summed E-state index contributed by atoms with van der Waals surface area (Å²) in [6.45, 7) is 4.12. The molecule has 7 heteroatoms. The van der Waals surface area contributed by atoms with E-state index < -0.39 is 0 Å². The average molecular weight is 381 g/mol. The topological polar surface area (TPSA) is 72.0 Å². The lowest BCUT2D eigenvalue weighted by atomic mass is 10.1. The maximum Gasteiger partial charge on any atom is 0.231 e. The predicted octanol–water partition coefficient (Wildman–Crippen LogP) is 2.21. The fourth-order valence-electron chi connectivity index (χ4n) is 3.64. The highest BCUT2D eigenvalue weighted by molar-refractivity contribution is 5.89. The van der Waals surface area contributed by atoms with Gasteiger partial charge in [-0.3, -0.25) is 14.6 Å². The maximum atomic E-state index is 13.0. The number of amides is 2. The van der Waals surface area contributed by atoms with Gasteiger partial charge in [-0.15, -0.1) is 0 Å². The molecule has 7 nitrogen and oxygen atoms in total. The first-order valence-corrected chi connectivity index (χ1v) is 9.49. The molecule has 0 aliphatic carbocycles. The Hall–Kier alpha value is -3.09. The van der Waals surface area contributed by atoms with Gasteiger partial charge in [-0.1, -0.05) is 12.1 Å². The molecule has 0 bridgehead atoms. The molecule has 146 valence electrons. The van der Waals surface area contributed by atoms with Gasteiger partial charge in [-0.05, 0) is 36.8 Å². The summed E-state index contributed by atoms with van der Waals surface area (Å²) in [5.74, 6) is 1.13. The van der Waals surface area contributed by atoms with E-state index in [1.54, 1.807) is 16.0 Å². The highest BCUT2D eigenvalue weighted by Gasteiger charge is 2.36. The minimum absolute atomic E-state index is 0.00290. The number of aromatic nitrogens is 1. The summed E-state index contributed by atoms with van der Waals surface area (Å²) in [7, 11) is 0. The van der Waals surface area contributed by atoms with Gasteiger partial charge in [0.1, 0.15) is 0 Å². The summed E-state index contributed by atoms with van der Waals surface area (Å²) < 4.78 is 10.8. The second kappa shape index (κ2) is 7.88. The van der Waals surface area contributed by atoms with Crippen molar-refractivity contribution in [3.8, 4) is 11.5 Å². The molecule has 4 rings (SSSR count). The Morgan fingerprint density at radius 3 is 2.89 bits per heavy atom. The van der Waals surface area contributed by atoms with E-state index in [0.717, 1.165) is 17.0 Å². The molecule has 1 atom stereocenters. The second-order valence-electron chi connectivity index (χ2n) is 7.04. The van der Waals surface area contributed by atoms with Gasteiger partial charge in [0.15, 0.2) is 11.5 Å². The van der Waals surface area contributed by atoms with E-state index in [2.05, 4.69) is 4.98 Å². The van der Waals surface area contributed by atoms with Crippen LogP contribution in [0.15, 0.2) is 42.6 Å². The molecule has 2 aromatic rings. The lowest BCUT2D eigenvalue weighted by Crippen LogP contribution is -2.37. The van der Waals surface area contributed by atoms with Crippen molar-refractivity contribution in [1.82, 2.24) is 14.8 Å². The lowest BCUT2D eigenvalue weighted by Gasteiger charge is -2.24. The Kier molecular flexibility index (Phi) is 5.14. The number of hydrogen-bond donors (Lipinski definition) is 0. The monoisotopic (exact) mass is 381 g/mol. The van der Waals surface area contributed by atoms with E-state index in [1.807, 2.05) is 43.3 Å². The molecule has 0 spiro atoms. The van der Waals surface area contributed by atoms with Crippen LogP contribution in [0.5, 0.6) is 11.5 Å². The van der Waals surface area contributed by atoms with Crippen LogP contribution in [-0.4, -0.2) is 46.5 Å². The summed E-state index contributed by atoms with van der Waals surface area (Å²) in [6, 6.07) is 11.3. The number of likely N-dealkylation sites (tertiary alicyclic amines) is 1. The Morgan fingerprint density at radius 2 is 2.11 bits per heavy atom. The molecule has 1 aromatic carbocycles. The van der Waals surface area contributed by atoms with Crippen LogP contribution in [0.2, 0.25) is 0 Å². The maximum absolute atomic E-state index is 13.0. The number of carbonyl (C=O) groups is 2. The van der Waals surface area contributed by atoms with Gasteiger partial charge >= 0.3 is 0 Å². The van der Waals surface area contributed by atoms with Gasteiger partial charge in [0.05, 0.1) is 18.2 Å². The zero-order valence-corrected chi connectivity index (χ0v) is 15.8. The molecule has 2 aliphatic heterocycles. The predicted molar refractivity (Wildman–Crippen MR) is 101 cm³/mol. The third kappa shape index (κ3) is 3.78. The average Bonchev–Trinajstić information content (AvgIpc) is 3.32. The first kappa shape index (κ1) is 18.3. The standard InChI is InChI=1S/C21H23N3O4/c1-2-23(11-15-6-7-18-19(9-15)28-14-27-18)21(26)16-10-20(25)24(12-16)13-17-5-3-4-8-22-17/h3-9,16H,2,10-14H2,1H3. The molecule has 0 radical (unpaired) electrons. The molecular formula is C21H23N3O4. The highest BCUT2D eigenvalue weighted by atomic mass is 16.7. The molecule has 3 heterocycles. The van der Waals surface area contributed by atoms with Gasteiger partial charge in [0.25, 0.3) is 0 Å². The number of rotatable bonds is 6. The minimum atomic E-state index is -0.315. The van der Waals surface area contributed by atoms with Crippen molar-refractivity contribution < 1.29 is 19.1 Å². The highest BCUT2D eigenvalue weighted by Crippen LogP contribution is 2.33. The number of fused-ring (bicyclic) bond motifs is 1. The van der Waals surface area contributed by atoms with Crippen LogP contribution < -0.4 is 9.47 Å². The van der Waals surface area contributed by atoms with Gasteiger partial charge in [0, 0.05) is 32.3 Å². The van der Waals surface area contributed by atoms with Gasteiger partial charge in [-0.25, -0.2) is 0 Å². The Labute approximate surface area is 163 Å². The molecule has 0 saturated carbocycles. The van der Waals surface area contributed by atoms with Crippen molar-refractivity contribution in [3.63, 3.8) is 0 Å². The molecule has 1 aromatic heterocycles. The number of hydrogen-bond acceptors (Lipinski definition) is 5. The van der Waals surface area contributed by atoms with E-state index in [0.29, 0.717) is 31.9 Å². The number of benzene rings is 1. The SMILES string of the molecule is CCN(Cc1ccc2c(c1)OCO2)C(=O)C1CC(=O)N(Cc2ccccn2)C1. The van der Waals surface area contributed by atoms with Crippen LogP contribution in [-0.2, 0) is 22.7 Å². The van der Waals surface area contributed by atoms with Crippen LogP contribution in [0.25, 0.3) is 0 Å². The molecule has 2 aliphatic rings. The van der Waals surface area contributed by atoms with Crippen molar-refractivity contribution in [2.45, 2.75) is 26.4 Å². The van der Waals surface area contributed by atoms with E-state index in [4.69, 9.17) is 9.47 Å². The number of nitrogens with zero attached hydrogens (tertiary/aromatic N) is 3. The van der Waals surface area contributed by atoms with E-state index in [-0.39, 0.29) is 30.9 Å². The van der Waals surface area contributed by atoms with Gasteiger partial charge < -0.3 is 19.3 Å². The van der Waals surface area contributed by atoms with Gasteiger partial charge in [0.2, 0.25) is 18.6 Å². The fraction of sp³-hybridized carbons (Fsp3) is 0.381. The summed E-state index contributed by atoms with van der Waals surface area (Å²) in [6.07, 6.45) is 1.96. The number of ether oxygens (including phenoxy) is 2. The van der Waals surface area contributed by atoms with E-state index >= 15 is 0 Å². The Bertz CT molecular complexity index is 871. The summed E-state index contributed by atoms with van der Waals surface area (Å²) in [5, 5.41) is 0. The van der Waals surface area contributed by atoms with Crippen molar-refractivity contribution >= 4 is 11.8 Å². The van der Waals surface area contributed by atoms with E-state index in [1.165, 1.54) is 0 Å². The smallest absolute Gasteiger partial charge is 0.231 e. The van der Waals surface area contributed by atoms with Crippen molar-refractivity contribution in [3.05, 3.63) is 53.9 Å². The fourth-order valence-corrected chi connectivity index (χ4v) is 3.64. The third-order valence-corrected chi connectivity index (χ3v) is 5.15. The van der Waals surface area contributed by atoms with Crippen molar-refractivity contribution in [1.29, 1.82) is 0 Å². The Morgan fingerprint density at radius 1 is 1.25 bits per heavy atom. The molecular weight excluding hydrogens is 358 g/mol. The lowest BCUT2D eigenvalue weighted by molar-refractivity contribution is -0.136. The first-order chi connectivity index (χ1) is 13.6. The van der Waals surface area contributed by atoms with Gasteiger partial charge in [-0.2, -0.15) is 0 Å². The summed E-state index contributed by atoms with van der Waals surface area (Å²) in [4.78, 5) is 33.2. The second-order valence-corrected chi connectivity index (χ2v) is 7.04. The number of carbonyl (C=O) groups excluding carboxylic acids is 2. The normalized spacial score (nSPS) is 17.8. The molecule has 1 fully saturated rings. The molecule has 1 saturated heterocycles. The zero-order valence-electron chi connectivity index (χ0n) is 15.8. The molecule has 1 unspecified atom stereocenters. The van der Waals surface area contributed by atoms with Crippen LogP contribution in [0, 0.1) is 5.92 Å². The summed E-state index contributed by atoms with van der Waals surface area (Å²) in [5.41, 5.74) is 1.81. The van der Waals surface area contributed by atoms with Crippen LogP contribution >= 0.6 is 0 Å². The molecule has 2 amide bonds. The largest absolute Gasteiger partial charge is 0.454 e. The van der Waals surface area contributed by atoms with E-state index in [9.17, 15) is 9.59 Å². The Balaban J connectivity index is 1.40. The van der Waals surface area contributed by atoms with Crippen molar-refractivity contribution in [2.24, 2.45) is 5.92 Å². The van der Waals surface area contributed by atoms with Crippen molar-refractivity contribution in [2.75, 3.05) is 19.9 Å². The first-order valence-electron chi connectivity index (χ1n) is 9.49. The van der Waals surface area contributed by atoms with Crippen LogP contribution in [0.4, 0.5) is 0 Å². The van der Waals surface area contributed by atoms with Crippen LogP contribution in [0.3, 0.4) is 0 Å². The zero-order chi connectivity index (χ0) is 19.5.